The van der Waals surface area contributed by atoms with Gasteiger partial charge in [-0.1, -0.05) is 0 Å². The average Bonchev–Trinajstić information content (AvgIpc) is 3.37. The van der Waals surface area contributed by atoms with E-state index in [0.717, 1.165) is 38.2 Å². The number of hydrogen-bond acceptors (Lipinski definition) is 10. The molecule has 0 radical (unpaired) electrons. The molecule has 1 saturated heterocycles. The Labute approximate surface area is 196 Å². The fourth-order valence-electron chi connectivity index (χ4n) is 3.66. The van der Waals surface area contributed by atoms with E-state index in [2.05, 4.69) is 41.0 Å². The fourth-order valence-corrected chi connectivity index (χ4v) is 3.66. The summed E-state index contributed by atoms with van der Waals surface area (Å²) in [5.74, 6) is 0.751. The van der Waals surface area contributed by atoms with Gasteiger partial charge in [0, 0.05) is 44.5 Å². The summed E-state index contributed by atoms with van der Waals surface area (Å²) < 4.78 is 10.5. The van der Waals surface area contributed by atoms with E-state index in [1.165, 1.54) is 14.2 Å². The Kier molecular flexibility index (Phi) is 7.18. The first-order valence-corrected chi connectivity index (χ1v) is 10.7. The summed E-state index contributed by atoms with van der Waals surface area (Å²) in [5, 5.41) is 15.9. The number of aromatic amines is 1. The molecule has 4 N–H and O–H groups in total. The summed E-state index contributed by atoms with van der Waals surface area (Å²) >= 11 is 0. The number of ether oxygens (including phenoxy) is 2. The number of carbonyl (C=O) groups excluding carboxylic acids is 2. The third-order valence-corrected chi connectivity index (χ3v) is 5.41. The molecule has 178 valence electrons. The summed E-state index contributed by atoms with van der Waals surface area (Å²) in [6.45, 7) is 3.66. The zero-order valence-corrected chi connectivity index (χ0v) is 18.9. The van der Waals surface area contributed by atoms with Gasteiger partial charge in [-0.25, -0.2) is 5.10 Å². The Balaban J connectivity index is 1.44. The van der Waals surface area contributed by atoms with E-state index in [9.17, 15) is 9.59 Å². The zero-order valence-electron chi connectivity index (χ0n) is 18.9. The van der Waals surface area contributed by atoms with Gasteiger partial charge in [-0.05, 0) is 23.8 Å². The molecule has 1 aliphatic rings. The number of piperazine rings is 1. The molecule has 1 amide bonds. The van der Waals surface area contributed by atoms with Crippen molar-refractivity contribution < 1.29 is 19.1 Å². The van der Waals surface area contributed by atoms with Gasteiger partial charge in [-0.3, -0.25) is 14.6 Å². The zero-order chi connectivity index (χ0) is 23.9. The largest absolute Gasteiger partial charge is 0.493 e. The van der Waals surface area contributed by atoms with E-state index in [-0.39, 0.29) is 18.3 Å². The van der Waals surface area contributed by atoms with Crippen molar-refractivity contribution in [3.8, 4) is 11.5 Å². The lowest BCUT2D eigenvalue weighted by molar-refractivity contribution is 0.101. The fraction of sp³-hybridized carbons (Fsp3) is 0.318. The van der Waals surface area contributed by atoms with Gasteiger partial charge in [0.1, 0.15) is 0 Å². The highest BCUT2D eigenvalue weighted by Crippen LogP contribution is 2.30. The Bertz CT molecular complexity index is 1160. The molecule has 1 aromatic carbocycles. The first-order valence-electron chi connectivity index (χ1n) is 10.7. The van der Waals surface area contributed by atoms with Crippen molar-refractivity contribution >= 4 is 29.5 Å². The lowest BCUT2D eigenvalue weighted by Gasteiger charge is -2.30. The number of nitrogens with zero attached hydrogens (tertiary/aromatic N) is 4. The number of pyridine rings is 1. The van der Waals surface area contributed by atoms with Crippen LogP contribution < -0.4 is 30.3 Å². The van der Waals surface area contributed by atoms with Gasteiger partial charge >= 0.3 is 0 Å². The molecule has 4 rings (SSSR count). The average molecular weight is 467 g/mol. The van der Waals surface area contributed by atoms with Crippen molar-refractivity contribution in [3.63, 3.8) is 0 Å². The van der Waals surface area contributed by atoms with Gasteiger partial charge in [0.15, 0.2) is 17.8 Å². The maximum absolute atomic E-state index is 12.8. The molecule has 12 nitrogen and oxygen atoms in total. The minimum atomic E-state index is -0.464. The van der Waals surface area contributed by atoms with Crippen LogP contribution in [0.5, 0.6) is 11.5 Å². The molecule has 1 aliphatic heterocycles. The summed E-state index contributed by atoms with van der Waals surface area (Å²) in [5.41, 5.74) is 2.61. The number of rotatable bonds is 9. The van der Waals surface area contributed by atoms with Crippen molar-refractivity contribution in [1.29, 1.82) is 0 Å². The molecule has 34 heavy (non-hydrogen) atoms. The van der Waals surface area contributed by atoms with E-state index in [1.807, 2.05) is 6.07 Å². The Morgan fingerprint density at radius 2 is 1.97 bits per heavy atom. The smallest absolute Gasteiger partial charge is 0.295 e. The minimum absolute atomic E-state index is 0.0273. The van der Waals surface area contributed by atoms with E-state index in [4.69, 9.17) is 9.47 Å². The topological polar surface area (TPSA) is 146 Å². The van der Waals surface area contributed by atoms with Gasteiger partial charge in [-0.15, -0.1) is 5.10 Å². The maximum atomic E-state index is 12.8. The number of carbonyl (C=O) groups is 2. The molecule has 1 fully saturated rings. The Morgan fingerprint density at radius 1 is 1.21 bits per heavy atom. The number of aldehydes is 1. The summed E-state index contributed by atoms with van der Waals surface area (Å²) in [6.07, 6.45) is 4.05. The van der Waals surface area contributed by atoms with Crippen LogP contribution in [0.4, 0.5) is 17.3 Å². The number of H-pyrrole nitrogens is 1. The second-order valence-electron chi connectivity index (χ2n) is 7.47. The monoisotopic (exact) mass is 466 g/mol. The predicted molar refractivity (Wildman–Crippen MR) is 126 cm³/mol. The van der Waals surface area contributed by atoms with Crippen LogP contribution in [0.15, 0.2) is 30.6 Å². The molecule has 0 saturated carbocycles. The van der Waals surface area contributed by atoms with Crippen molar-refractivity contribution in [2.75, 3.05) is 55.9 Å². The lowest BCUT2D eigenvalue weighted by Crippen LogP contribution is -2.43. The third-order valence-electron chi connectivity index (χ3n) is 5.41. The van der Waals surface area contributed by atoms with Crippen LogP contribution in [0.25, 0.3) is 0 Å². The number of benzene rings is 1. The van der Waals surface area contributed by atoms with Crippen LogP contribution in [0, 0.1) is 0 Å². The quantitative estimate of drug-likeness (QED) is 0.340. The van der Waals surface area contributed by atoms with Gasteiger partial charge in [0.05, 0.1) is 31.8 Å². The third kappa shape index (κ3) is 5.07. The molecular weight excluding hydrogens is 440 g/mol. The molecule has 0 atom stereocenters. The second-order valence-corrected chi connectivity index (χ2v) is 7.47. The van der Waals surface area contributed by atoms with E-state index < -0.39 is 5.91 Å². The van der Waals surface area contributed by atoms with E-state index >= 15 is 0 Å². The molecule has 3 aromatic rings. The van der Waals surface area contributed by atoms with Crippen molar-refractivity contribution in [3.05, 3.63) is 47.5 Å². The molecule has 2 aromatic heterocycles. The van der Waals surface area contributed by atoms with Gasteiger partial charge < -0.3 is 30.3 Å². The normalized spacial score (nSPS) is 13.3. The highest BCUT2D eigenvalue weighted by atomic mass is 16.5. The predicted octanol–water partition coefficient (Wildman–Crippen LogP) is 1.30. The van der Waals surface area contributed by atoms with E-state index in [0.29, 0.717) is 28.3 Å². The standard InChI is InChI=1S/C22H26N8O4/c1-33-18-9-14(15(13-31)10-19(18)34-2)11-25-22-27-20(28-29-22)21(32)26-16-12-24-4-3-17(16)30-7-5-23-6-8-30/h3-4,9-10,12-13,23H,5-8,11H2,1-2H3,(H,26,32)(H2,25,27,28,29). The first-order chi connectivity index (χ1) is 16.6. The number of methoxy groups -OCH3 is 2. The van der Waals surface area contributed by atoms with Crippen LogP contribution in [-0.2, 0) is 6.54 Å². The number of amides is 1. The molecule has 3 heterocycles. The second kappa shape index (κ2) is 10.6. The van der Waals surface area contributed by atoms with Crippen LogP contribution in [0.3, 0.4) is 0 Å². The molecular formula is C22H26N8O4. The summed E-state index contributed by atoms with van der Waals surface area (Å²) in [4.78, 5) is 34.8. The Morgan fingerprint density at radius 3 is 2.71 bits per heavy atom. The summed E-state index contributed by atoms with van der Waals surface area (Å²) in [6, 6.07) is 5.19. The number of hydrogen-bond donors (Lipinski definition) is 4. The minimum Gasteiger partial charge on any atom is -0.493 e. The molecule has 12 heteroatoms. The van der Waals surface area contributed by atoms with Crippen molar-refractivity contribution in [2.24, 2.45) is 0 Å². The number of anilines is 3. The highest BCUT2D eigenvalue weighted by Gasteiger charge is 2.19. The van der Waals surface area contributed by atoms with Crippen LogP contribution in [0.1, 0.15) is 26.5 Å². The van der Waals surface area contributed by atoms with Crippen LogP contribution in [0.2, 0.25) is 0 Å². The summed E-state index contributed by atoms with van der Waals surface area (Å²) in [7, 11) is 3.02. The van der Waals surface area contributed by atoms with Crippen LogP contribution in [-0.4, -0.2) is 72.8 Å². The Hall–Kier alpha value is -4.19. The molecule has 0 bridgehead atoms. The van der Waals surface area contributed by atoms with Crippen LogP contribution >= 0.6 is 0 Å². The van der Waals surface area contributed by atoms with Crippen molar-refractivity contribution in [2.45, 2.75) is 6.54 Å². The lowest BCUT2D eigenvalue weighted by atomic mass is 10.1. The maximum Gasteiger partial charge on any atom is 0.295 e. The van der Waals surface area contributed by atoms with Crippen molar-refractivity contribution in [1.82, 2.24) is 25.5 Å². The SMILES string of the molecule is COc1cc(C=O)c(CNc2nc(C(=O)Nc3cnccc3N3CCNCC3)n[nH]2)cc1OC. The van der Waals surface area contributed by atoms with E-state index in [1.54, 1.807) is 24.5 Å². The molecule has 0 unspecified atom stereocenters. The van der Waals surface area contributed by atoms with Gasteiger partial charge in [-0.2, -0.15) is 4.98 Å². The molecule has 0 aliphatic carbocycles. The van der Waals surface area contributed by atoms with Gasteiger partial charge in [0.25, 0.3) is 5.91 Å². The molecule has 0 spiro atoms. The highest BCUT2D eigenvalue weighted by molar-refractivity contribution is 6.03. The number of aromatic nitrogens is 4. The van der Waals surface area contributed by atoms with Gasteiger partial charge in [0.2, 0.25) is 11.8 Å². The number of nitrogens with one attached hydrogen (secondary N) is 4. The first kappa shape index (κ1) is 23.0.